The first-order valence-corrected chi connectivity index (χ1v) is 6.52. The van der Waals surface area contributed by atoms with Crippen LogP contribution in [-0.4, -0.2) is 9.97 Å². The van der Waals surface area contributed by atoms with Crippen LogP contribution in [0.5, 0.6) is 0 Å². The smallest absolute Gasteiger partial charge is 0.161 e. The number of imidazole rings is 1. The summed E-state index contributed by atoms with van der Waals surface area (Å²) in [6.45, 7) is 6.64. The summed E-state index contributed by atoms with van der Waals surface area (Å²) in [5, 5.41) is 8.90. The Hall–Kier alpha value is -2.08. The van der Waals surface area contributed by atoms with E-state index in [-0.39, 0.29) is 5.41 Å². The van der Waals surface area contributed by atoms with Crippen LogP contribution in [0.25, 0.3) is 0 Å². The molecule has 2 rings (SSSR count). The average molecular weight is 253 g/mol. The quantitative estimate of drug-likeness (QED) is 0.911. The first-order valence-electron chi connectivity index (χ1n) is 6.52. The van der Waals surface area contributed by atoms with E-state index in [9.17, 15) is 0 Å². The summed E-state index contributed by atoms with van der Waals surface area (Å²) in [6, 6.07) is 10.8. The summed E-state index contributed by atoms with van der Waals surface area (Å²) in [5.74, 6) is 0. The monoisotopic (exact) mass is 253 g/mol. The van der Waals surface area contributed by atoms with Gasteiger partial charge in [0.1, 0.15) is 6.07 Å². The molecule has 0 radical (unpaired) electrons. The van der Waals surface area contributed by atoms with E-state index < -0.39 is 0 Å². The molecular formula is C16H19N3. The van der Waals surface area contributed by atoms with Crippen LogP contribution in [0.2, 0.25) is 0 Å². The lowest BCUT2D eigenvalue weighted by atomic mass is 9.86. The van der Waals surface area contributed by atoms with E-state index in [0.29, 0.717) is 5.69 Å². The molecule has 0 spiro atoms. The molecule has 3 nitrogen and oxygen atoms in total. The second-order valence-electron chi connectivity index (χ2n) is 5.79. The minimum Gasteiger partial charge on any atom is -0.347 e. The van der Waals surface area contributed by atoms with Gasteiger partial charge in [0.15, 0.2) is 5.69 Å². The van der Waals surface area contributed by atoms with Gasteiger partial charge in [-0.25, -0.2) is 4.98 Å². The number of aryl methyl sites for hydroxylation is 2. The number of nitrogens with zero attached hydrogens (tertiary/aromatic N) is 2. The number of rotatable bonds is 3. The van der Waals surface area contributed by atoms with Crippen molar-refractivity contribution in [2.45, 2.75) is 39.0 Å². The molecule has 0 fully saturated rings. The Kier molecular flexibility index (Phi) is 3.71. The molecule has 0 aliphatic carbocycles. The highest BCUT2D eigenvalue weighted by Crippen LogP contribution is 2.22. The number of aromatic amines is 1. The standard InChI is InChI=1S/C16H19N3/c1-16(2,3)13-7-4-12(5-8-13)6-9-14-15(10-17)19-11-18-14/h4-5,7-8,11H,6,9H2,1-3H3,(H,18,19). The van der Waals surface area contributed by atoms with Crippen LogP contribution in [0.4, 0.5) is 0 Å². The van der Waals surface area contributed by atoms with E-state index in [1.165, 1.54) is 11.1 Å². The van der Waals surface area contributed by atoms with Crippen molar-refractivity contribution in [1.82, 2.24) is 9.97 Å². The lowest BCUT2D eigenvalue weighted by Gasteiger charge is -2.19. The number of hydrogen-bond acceptors (Lipinski definition) is 2. The van der Waals surface area contributed by atoms with Crippen LogP contribution in [0.3, 0.4) is 0 Å². The zero-order chi connectivity index (χ0) is 13.9. The minimum absolute atomic E-state index is 0.190. The Bertz CT molecular complexity index is 580. The van der Waals surface area contributed by atoms with Crippen molar-refractivity contribution in [3.63, 3.8) is 0 Å². The molecule has 2 aromatic rings. The van der Waals surface area contributed by atoms with Gasteiger partial charge < -0.3 is 4.98 Å². The maximum absolute atomic E-state index is 8.90. The van der Waals surface area contributed by atoms with Gasteiger partial charge in [0.25, 0.3) is 0 Å². The zero-order valence-corrected chi connectivity index (χ0v) is 11.7. The number of nitrogens with one attached hydrogen (secondary N) is 1. The topological polar surface area (TPSA) is 52.5 Å². The summed E-state index contributed by atoms with van der Waals surface area (Å²) < 4.78 is 0. The third kappa shape index (κ3) is 3.23. The Morgan fingerprint density at radius 3 is 2.42 bits per heavy atom. The molecule has 19 heavy (non-hydrogen) atoms. The van der Waals surface area contributed by atoms with Gasteiger partial charge in [-0.3, -0.25) is 0 Å². The lowest BCUT2D eigenvalue weighted by molar-refractivity contribution is 0.590. The number of benzene rings is 1. The van der Waals surface area contributed by atoms with Gasteiger partial charge in [-0.15, -0.1) is 0 Å². The normalized spacial score (nSPS) is 11.3. The predicted molar refractivity (Wildman–Crippen MR) is 75.9 cm³/mol. The summed E-state index contributed by atoms with van der Waals surface area (Å²) in [7, 11) is 0. The van der Waals surface area contributed by atoms with Gasteiger partial charge in [-0.2, -0.15) is 5.26 Å². The van der Waals surface area contributed by atoms with Crippen molar-refractivity contribution >= 4 is 0 Å². The van der Waals surface area contributed by atoms with E-state index in [2.05, 4.69) is 61.1 Å². The molecule has 0 aliphatic heterocycles. The van der Waals surface area contributed by atoms with Crippen molar-refractivity contribution < 1.29 is 0 Å². The van der Waals surface area contributed by atoms with Crippen molar-refractivity contribution in [3.05, 3.63) is 53.1 Å². The van der Waals surface area contributed by atoms with Crippen molar-refractivity contribution in [3.8, 4) is 6.07 Å². The molecule has 0 atom stereocenters. The van der Waals surface area contributed by atoms with Crippen LogP contribution >= 0.6 is 0 Å². The summed E-state index contributed by atoms with van der Waals surface area (Å²) in [6.07, 6.45) is 3.32. The van der Waals surface area contributed by atoms with Gasteiger partial charge in [0.05, 0.1) is 12.0 Å². The number of aromatic nitrogens is 2. The predicted octanol–water partition coefficient (Wildman–Crippen LogP) is 3.36. The van der Waals surface area contributed by atoms with E-state index in [4.69, 9.17) is 5.26 Å². The van der Waals surface area contributed by atoms with E-state index >= 15 is 0 Å². The van der Waals surface area contributed by atoms with Gasteiger partial charge in [-0.05, 0) is 29.4 Å². The Morgan fingerprint density at radius 2 is 1.84 bits per heavy atom. The second kappa shape index (κ2) is 5.27. The van der Waals surface area contributed by atoms with Crippen LogP contribution in [0.1, 0.15) is 43.3 Å². The first-order chi connectivity index (χ1) is 9.00. The molecule has 1 heterocycles. The third-order valence-corrected chi connectivity index (χ3v) is 3.31. The Labute approximate surface area is 114 Å². The largest absolute Gasteiger partial charge is 0.347 e. The van der Waals surface area contributed by atoms with Gasteiger partial charge in [0, 0.05) is 0 Å². The van der Waals surface area contributed by atoms with Crippen LogP contribution in [0, 0.1) is 11.3 Å². The maximum Gasteiger partial charge on any atom is 0.161 e. The van der Waals surface area contributed by atoms with Gasteiger partial charge in [-0.1, -0.05) is 45.0 Å². The van der Waals surface area contributed by atoms with E-state index in [1.807, 2.05) is 0 Å². The van der Waals surface area contributed by atoms with E-state index in [0.717, 1.165) is 18.5 Å². The molecule has 3 heteroatoms. The number of hydrogen-bond donors (Lipinski definition) is 1. The van der Waals surface area contributed by atoms with Crippen LogP contribution < -0.4 is 0 Å². The minimum atomic E-state index is 0.190. The number of nitriles is 1. The van der Waals surface area contributed by atoms with Crippen molar-refractivity contribution in [1.29, 1.82) is 5.26 Å². The number of H-pyrrole nitrogens is 1. The van der Waals surface area contributed by atoms with Gasteiger partial charge in [0.2, 0.25) is 0 Å². The Balaban J connectivity index is 2.03. The summed E-state index contributed by atoms with van der Waals surface area (Å²) >= 11 is 0. The van der Waals surface area contributed by atoms with Crippen LogP contribution in [0.15, 0.2) is 30.6 Å². The highest BCUT2D eigenvalue weighted by molar-refractivity contribution is 5.29. The lowest BCUT2D eigenvalue weighted by Crippen LogP contribution is -2.10. The average Bonchev–Trinajstić information content (AvgIpc) is 2.83. The highest BCUT2D eigenvalue weighted by Gasteiger charge is 2.13. The van der Waals surface area contributed by atoms with Crippen molar-refractivity contribution in [2.75, 3.05) is 0 Å². The summed E-state index contributed by atoms with van der Waals surface area (Å²) in [5.41, 5.74) is 4.24. The third-order valence-electron chi connectivity index (χ3n) is 3.31. The van der Waals surface area contributed by atoms with Crippen molar-refractivity contribution in [2.24, 2.45) is 0 Å². The fourth-order valence-electron chi connectivity index (χ4n) is 2.05. The molecule has 1 N–H and O–H groups in total. The molecule has 0 saturated heterocycles. The fourth-order valence-corrected chi connectivity index (χ4v) is 2.05. The summed E-state index contributed by atoms with van der Waals surface area (Å²) in [4.78, 5) is 7.01. The van der Waals surface area contributed by atoms with Gasteiger partial charge >= 0.3 is 0 Å². The fraction of sp³-hybridized carbons (Fsp3) is 0.375. The second-order valence-corrected chi connectivity index (χ2v) is 5.79. The highest BCUT2D eigenvalue weighted by atomic mass is 14.9. The SMILES string of the molecule is CC(C)(C)c1ccc(CCc2[nH]cnc2C#N)cc1. The molecule has 0 saturated carbocycles. The maximum atomic E-state index is 8.90. The molecular weight excluding hydrogens is 234 g/mol. The first kappa shape index (κ1) is 13.4. The molecule has 0 unspecified atom stereocenters. The zero-order valence-electron chi connectivity index (χ0n) is 11.7. The molecule has 0 bridgehead atoms. The van der Waals surface area contributed by atoms with E-state index in [1.54, 1.807) is 6.33 Å². The van der Waals surface area contributed by atoms with Crippen LogP contribution in [-0.2, 0) is 18.3 Å². The molecule has 1 aromatic heterocycles. The molecule has 0 amide bonds. The molecule has 98 valence electrons. The Morgan fingerprint density at radius 1 is 1.16 bits per heavy atom. The molecule has 1 aromatic carbocycles. The molecule has 0 aliphatic rings.